The van der Waals surface area contributed by atoms with Crippen LogP contribution in [0.25, 0.3) is 0 Å². The van der Waals surface area contributed by atoms with Crippen molar-refractivity contribution in [1.82, 2.24) is 9.27 Å². The normalized spacial score (nSPS) is 10.9. The second-order valence-electron chi connectivity index (χ2n) is 4.95. The minimum atomic E-state index is -0.593. The van der Waals surface area contributed by atoms with Crippen molar-refractivity contribution < 1.29 is 14.3 Å². The molecule has 0 atom stereocenters. The Labute approximate surface area is 117 Å². The van der Waals surface area contributed by atoms with E-state index in [9.17, 15) is 9.59 Å². The molecule has 1 amide bonds. The highest BCUT2D eigenvalue weighted by Crippen LogP contribution is 2.12. The molecule has 0 N–H and O–H groups in total. The first kappa shape index (κ1) is 15.4. The van der Waals surface area contributed by atoms with Gasteiger partial charge in [-0.15, -0.1) is 6.58 Å². The van der Waals surface area contributed by atoms with Gasteiger partial charge in [0.25, 0.3) is 0 Å². The maximum Gasteiger partial charge on any atom is 0.410 e. The summed E-state index contributed by atoms with van der Waals surface area (Å²) in [5.74, 6) is -0.157. The first-order chi connectivity index (χ1) is 8.83. The monoisotopic (exact) mass is 282 g/mol. The van der Waals surface area contributed by atoms with Crippen LogP contribution in [-0.4, -0.2) is 39.8 Å². The van der Waals surface area contributed by atoms with Crippen molar-refractivity contribution in [2.75, 3.05) is 13.1 Å². The number of ketones is 1. The highest BCUT2D eigenvalue weighted by molar-refractivity contribution is 7.08. The van der Waals surface area contributed by atoms with Crippen LogP contribution in [0.2, 0.25) is 0 Å². The van der Waals surface area contributed by atoms with Crippen LogP contribution in [0.15, 0.2) is 24.9 Å². The molecule has 0 saturated carbocycles. The molecule has 1 aromatic rings. The number of aromatic nitrogens is 1. The number of amides is 1. The molecule has 19 heavy (non-hydrogen) atoms. The number of ether oxygens (including phenoxy) is 1. The number of Topliss-reactive ketones (excluding diaryl/α,β-unsaturated/α-hetero) is 1. The number of hydrogen-bond donors (Lipinski definition) is 0. The Balaban J connectivity index is 2.70. The van der Waals surface area contributed by atoms with Gasteiger partial charge >= 0.3 is 6.09 Å². The zero-order valence-electron chi connectivity index (χ0n) is 11.4. The summed E-state index contributed by atoms with van der Waals surface area (Å²) in [6.07, 6.45) is 2.60. The summed E-state index contributed by atoms with van der Waals surface area (Å²) in [6.45, 7) is 9.14. The van der Waals surface area contributed by atoms with Gasteiger partial charge in [0.05, 0.1) is 11.4 Å². The third-order valence-corrected chi connectivity index (χ3v) is 2.84. The molecule has 5 nitrogen and oxygen atoms in total. The predicted molar refractivity (Wildman–Crippen MR) is 74.4 cm³/mol. The summed E-state index contributed by atoms with van der Waals surface area (Å²) >= 11 is 1.11. The van der Waals surface area contributed by atoms with Crippen LogP contribution < -0.4 is 0 Å². The van der Waals surface area contributed by atoms with Crippen molar-refractivity contribution in [1.29, 1.82) is 0 Å². The number of rotatable bonds is 5. The van der Waals surface area contributed by atoms with Gasteiger partial charge in [-0.05, 0) is 38.4 Å². The second kappa shape index (κ2) is 6.47. The van der Waals surface area contributed by atoms with Crippen LogP contribution in [0.4, 0.5) is 4.79 Å². The van der Waals surface area contributed by atoms with Gasteiger partial charge in [0.2, 0.25) is 0 Å². The van der Waals surface area contributed by atoms with Crippen molar-refractivity contribution in [2.45, 2.75) is 26.4 Å². The number of carbonyl (C=O) groups excluding carboxylic acids is 2. The Morgan fingerprint density at radius 3 is 2.68 bits per heavy atom. The lowest BCUT2D eigenvalue weighted by Gasteiger charge is -2.26. The molecule has 0 aliphatic rings. The summed E-state index contributed by atoms with van der Waals surface area (Å²) in [4.78, 5) is 25.7. The molecule has 1 rings (SSSR count). The molecule has 0 radical (unpaired) electrons. The lowest BCUT2D eigenvalue weighted by atomic mass is 10.2. The number of carbonyl (C=O) groups is 2. The Bertz CT molecular complexity index is 449. The molecule has 0 aliphatic heterocycles. The van der Waals surface area contributed by atoms with Crippen molar-refractivity contribution in [3.63, 3.8) is 0 Å². The van der Waals surface area contributed by atoms with E-state index >= 15 is 0 Å². The summed E-state index contributed by atoms with van der Waals surface area (Å²) in [5.41, 5.74) is -0.593. The van der Waals surface area contributed by atoms with Crippen molar-refractivity contribution in [3.8, 4) is 0 Å². The maximum atomic E-state index is 11.9. The summed E-state index contributed by atoms with van der Waals surface area (Å²) < 4.78 is 9.11. The highest BCUT2D eigenvalue weighted by atomic mass is 32.1. The van der Waals surface area contributed by atoms with E-state index in [-0.39, 0.29) is 18.9 Å². The average Bonchev–Trinajstić information content (AvgIpc) is 2.79. The third-order valence-electron chi connectivity index (χ3n) is 2.05. The predicted octanol–water partition coefficient (Wildman–Crippen LogP) is 2.75. The molecule has 6 heteroatoms. The number of hydrogen-bond acceptors (Lipinski definition) is 5. The van der Waals surface area contributed by atoms with Gasteiger partial charge in [-0.2, -0.15) is 0 Å². The topological polar surface area (TPSA) is 59.5 Å². The molecule has 0 unspecified atom stereocenters. The van der Waals surface area contributed by atoms with Crippen LogP contribution in [0.1, 0.15) is 30.4 Å². The SMILES string of the molecule is C=CCN(CC(=O)c1ccns1)C(=O)OC(C)(C)C. The molecular formula is C13H18N2O3S. The van der Waals surface area contributed by atoms with Crippen LogP contribution in [0.5, 0.6) is 0 Å². The fourth-order valence-electron chi connectivity index (χ4n) is 1.30. The van der Waals surface area contributed by atoms with E-state index in [1.54, 1.807) is 39.1 Å². The van der Waals surface area contributed by atoms with Crippen LogP contribution in [0, 0.1) is 0 Å². The van der Waals surface area contributed by atoms with Crippen molar-refractivity contribution >= 4 is 23.4 Å². The first-order valence-corrected chi connectivity index (χ1v) is 6.63. The summed E-state index contributed by atoms with van der Waals surface area (Å²) in [5, 5.41) is 0. The Morgan fingerprint density at radius 1 is 1.53 bits per heavy atom. The molecule has 1 aromatic heterocycles. The first-order valence-electron chi connectivity index (χ1n) is 5.86. The molecule has 0 spiro atoms. The minimum Gasteiger partial charge on any atom is -0.444 e. The van der Waals surface area contributed by atoms with E-state index in [0.717, 1.165) is 11.5 Å². The van der Waals surface area contributed by atoms with E-state index in [1.165, 1.54) is 4.90 Å². The quantitative estimate of drug-likeness (QED) is 0.615. The Kier molecular flexibility index (Phi) is 5.23. The van der Waals surface area contributed by atoms with E-state index in [1.807, 2.05) is 0 Å². The van der Waals surface area contributed by atoms with Crippen LogP contribution in [0.3, 0.4) is 0 Å². The van der Waals surface area contributed by atoms with Gasteiger partial charge in [0.1, 0.15) is 5.60 Å². The van der Waals surface area contributed by atoms with Gasteiger partial charge in [-0.3, -0.25) is 9.69 Å². The van der Waals surface area contributed by atoms with E-state index in [2.05, 4.69) is 11.0 Å². The fraction of sp³-hybridized carbons (Fsp3) is 0.462. The zero-order valence-corrected chi connectivity index (χ0v) is 12.2. The van der Waals surface area contributed by atoms with Crippen LogP contribution >= 0.6 is 11.5 Å². The molecular weight excluding hydrogens is 264 g/mol. The minimum absolute atomic E-state index is 0.0386. The second-order valence-corrected chi connectivity index (χ2v) is 5.78. The summed E-state index contributed by atoms with van der Waals surface area (Å²) in [7, 11) is 0. The van der Waals surface area contributed by atoms with Gasteiger partial charge in [0.15, 0.2) is 5.78 Å². The molecule has 0 saturated heterocycles. The molecule has 0 fully saturated rings. The Hall–Kier alpha value is -1.69. The van der Waals surface area contributed by atoms with E-state index in [0.29, 0.717) is 4.88 Å². The largest absolute Gasteiger partial charge is 0.444 e. The van der Waals surface area contributed by atoms with Crippen molar-refractivity contribution in [3.05, 3.63) is 29.8 Å². The summed E-state index contributed by atoms with van der Waals surface area (Å²) in [6, 6.07) is 1.63. The van der Waals surface area contributed by atoms with E-state index < -0.39 is 11.7 Å². The molecule has 0 aliphatic carbocycles. The number of nitrogens with zero attached hydrogens (tertiary/aromatic N) is 2. The van der Waals surface area contributed by atoms with Crippen molar-refractivity contribution in [2.24, 2.45) is 0 Å². The highest BCUT2D eigenvalue weighted by Gasteiger charge is 2.23. The smallest absolute Gasteiger partial charge is 0.410 e. The van der Waals surface area contributed by atoms with Gasteiger partial charge in [0, 0.05) is 12.7 Å². The average molecular weight is 282 g/mol. The lowest BCUT2D eigenvalue weighted by Crippen LogP contribution is -2.39. The lowest BCUT2D eigenvalue weighted by molar-refractivity contribution is 0.0269. The fourth-order valence-corrected chi connectivity index (χ4v) is 1.82. The van der Waals surface area contributed by atoms with Gasteiger partial charge in [-0.25, -0.2) is 9.17 Å². The molecule has 1 heterocycles. The maximum absolute atomic E-state index is 11.9. The standard InChI is InChI=1S/C13H18N2O3S/c1-5-8-15(12(17)18-13(2,3)4)9-10(16)11-6-7-14-19-11/h5-7H,1,8-9H2,2-4H3. The van der Waals surface area contributed by atoms with Gasteiger partial charge in [-0.1, -0.05) is 6.08 Å². The Morgan fingerprint density at radius 2 is 2.21 bits per heavy atom. The molecule has 104 valence electrons. The van der Waals surface area contributed by atoms with Crippen LogP contribution in [-0.2, 0) is 4.74 Å². The molecule has 0 bridgehead atoms. The zero-order chi connectivity index (χ0) is 14.5. The third kappa shape index (κ3) is 5.21. The van der Waals surface area contributed by atoms with E-state index in [4.69, 9.17) is 4.74 Å². The van der Waals surface area contributed by atoms with Gasteiger partial charge < -0.3 is 4.74 Å². The molecule has 0 aromatic carbocycles.